The fourth-order valence-corrected chi connectivity index (χ4v) is 26.3. The summed E-state index contributed by atoms with van der Waals surface area (Å²) in [6, 6.07) is 43.9. The Labute approximate surface area is 844 Å². The van der Waals surface area contributed by atoms with E-state index in [1.165, 1.54) is 19.3 Å². The zero-order valence-electron chi connectivity index (χ0n) is 81.0. The summed E-state index contributed by atoms with van der Waals surface area (Å²) in [4.78, 5) is 3.93. The van der Waals surface area contributed by atoms with Crippen LogP contribution in [0.15, 0.2) is 191 Å². The van der Waals surface area contributed by atoms with Gasteiger partial charge in [0.05, 0.1) is 58.2 Å². The molecule has 8 heterocycles. The molecule has 8 aliphatic heterocycles. The van der Waals surface area contributed by atoms with Gasteiger partial charge in [0.15, 0.2) is 0 Å². The van der Waals surface area contributed by atoms with E-state index in [0.29, 0.717) is 68.3 Å². The minimum absolute atomic E-state index is 0.0235. The molecule has 0 amide bonds. The topological polar surface area (TPSA) is 629 Å². The van der Waals surface area contributed by atoms with Crippen LogP contribution in [-0.4, -0.2) is 166 Å². The lowest BCUT2D eigenvalue weighted by molar-refractivity contribution is 0.304. The minimum atomic E-state index is -3.49. The van der Waals surface area contributed by atoms with Crippen LogP contribution in [0.3, 0.4) is 0 Å². The second-order valence-electron chi connectivity index (χ2n) is 34.1. The van der Waals surface area contributed by atoms with E-state index in [4.69, 9.17) is 50.6 Å². The van der Waals surface area contributed by atoms with Gasteiger partial charge in [-0.2, -0.15) is 0 Å². The molecule has 0 aliphatic carbocycles. The Morgan fingerprint density at radius 1 is 0.331 bits per heavy atom. The zero-order chi connectivity index (χ0) is 104. The molecule has 0 saturated heterocycles. The van der Waals surface area contributed by atoms with Crippen molar-refractivity contribution < 1.29 is 72.1 Å². The molecule has 0 spiro atoms. The normalized spacial score (nSPS) is 16.9. The van der Waals surface area contributed by atoms with Crippen LogP contribution in [0.1, 0.15) is 227 Å². The summed E-state index contributed by atoms with van der Waals surface area (Å²) in [5.74, 6) is 8.71. The quantitative estimate of drug-likeness (QED) is 0.0136. The van der Waals surface area contributed by atoms with Gasteiger partial charge in [0.25, 0.3) is 80.2 Å². The molecule has 8 aromatic carbocycles. The van der Waals surface area contributed by atoms with E-state index >= 15 is 0 Å². The molecule has 16 rings (SSSR count). The van der Waals surface area contributed by atoms with Crippen molar-refractivity contribution in [3.8, 4) is 17.6 Å². The number of anilines is 4. The van der Waals surface area contributed by atoms with E-state index in [0.717, 1.165) is 166 Å². The third-order valence-corrected chi connectivity index (χ3v) is 33.2. The van der Waals surface area contributed by atoms with E-state index in [-0.39, 0.29) is 92.7 Å². The van der Waals surface area contributed by atoms with Crippen molar-refractivity contribution in [1.29, 1.82) is 0 Å². The maximum Gasteiger partial charge on any atom is 0.259 e. The van der Waals surface area contributed by atoms with E-state index in [9.17, 15) is 67.3 Å². The molecule has 0 saturated carbocycles. The fraction of sp³-hybridized carbons (Fsp3) is 0.389. The molecule has 19 N–H and O–H groups in total. The molecular formula is C95H126N20O17S10. The third-order valence-electron chi connectivity index (χ3n) is 21.6. The van der Waals surface area contributed by atoms with Crippen LogP contribution in [0, 0.1) is 17.8 Å². The predicted molar refractivity (Wildman–Crippen MR) is 576 cm³/mol. The molecule has 768 valence electrons. The van der Waals surface area contributed by atoms with Crippen molar-refractivity contribution in [2.24, 2.45) is 87.0 Å². The van der Waals surface area contributed by atoms with Gasteiger partial charge in [-0.3, -0.25) is 0 Å². The first-order valence-corrected chi connectivity index (χ1v) is 60.7. The van der Waals surface area contributed by atoms with E-state index < -0.39 is 80.2 Å². The van der Waals surface area contributed by atoms with Crippen LogP contribution in [0.25, 0.3) is 0 Å². The van der Waals surface area contributed by atoms with Gasteiger partial charge in [-0.05, 0) is 149 Å². The number of amidine groups is 8. The number of nitrogens with zero attached hydrogens (tertiary/aromatic N) is 9. The summed E-state index contributed by atoms with van der Waals surface area (Å²) >= 11 is 3.39. The monoisotopic (exact) mass is 2140 g/mol. The standard InChI is InChI=1S/C14H20N2O3S.C13H19N3O2S.2C12H17N3O2S.C12H16N2O2S2.C11H14N2O2S2.C11H10N2O2S.C10H13N3O2S/c1-2-3-4-5-9-19-12-8-6-7-11-10-20(17,18)16-14(15)13(11)12;1-2-3-4-8-15-11-7-5-6-10-9-19(17,18)16-13(14)12(10)11;1-8(2)6-14-10-5-3-4-9-7-18(16,17)15-12(13)11(9)10;1-2-3-7-14-10-6-4-5-9-8-18(16,17)15-12(13)11(9)10;1-2-3-7-17-10-6-4-5-9-8-18(15,16)14-12(13)11(9)10;1-2-6-16-9-5-3-4-8-7-17(14,15)13-11(12)10(8)9;1-2-4-8-5-3-6-9-7-16(14,15)13-11(12)10(8)9;1-13(2)8-5-3-4-7-6-16(14,15)12-10(11)9(7)8/h6-8H,2-5,9-10H2,1H3,(H2,15,16);5-7,15H,2-4,8-9H2,1H3,(H2,14,16);3-5,8,14H,6-7H2,1-2H3,(H2,13,15);4-6,14H,2-3,7-8H2,1H3,(H2,13,15);4-6H,2-3,7-8H2,1H3,(H2,13,14);3-5H,2,6-7H2,1H3,(H2,12,13);3,5-6H,7H2,1H3,(H2,12,13);3-5H,6H2,1-2H3,(H2,11,12). The molecule has 0 fully saturated rings. The lowest BCUT2D eigenvalue weighted by Crippen LogP contribution is -2.26. The Kier molecular flexibility index (Phi) is 41.0. The highest BCUT2D eigenvalue weighted by Gasteiger charge is 2.33. The van der Waals surface area contributed by atoms with E-state index in [2.05, 4.69) is 111 Å². The number of ether oxygens (including phenoxy) is 1. The molecule has 0 unspecified atom stereocenters. The summed E-state index contributed by atoms with van der Waals surface area (Å²) in [5.41, 5.74) is 61.5. The van der Waals surface area contributed by atoms with E-state index in [1.54, 1.807) is 103 Å². The Balaban J connectivity index is 0.000000181. The van der Waals surface area contributed by atoms with Gasteiger partial charge in [-0.1, -0.05) is 196 Å². The Bertz CT molecular complexity index is 7180. The highest BCUT2D eigenvalue weighted by Crippen LogP contribution is 2.37. The predicted octanol–water partition coefficient (Wildman–Crippen LogP) is 11.6. The van der Waals surface area contributed by atoms with Crippen molar-refractivity contribution in [1.82, 2.24) is 0 Å². The highest BCUT2D eigenvalue weighted by atomic mass is 32.2. The van der Waals surface area contributed by atoms with Crippen LogP contribution in [-0.2, 0) is 126 Å². The molecule has 0 bridgehead atoms. The maximum absolute atomic E-state index is 11.6. The summed E-state index contributed by atoms with van der Waals surface area (Å²) in [7, 11) is -23.9. The highest BCUT2D eigenvalue weighted by molar-refractivity contribution is 7.99. The first-order valence-electron chi connectivity index (χ1n) is 45.8. The summed E-state index contributed by atoms with van der Waals surface area (Å²) in [6.45, 7) is 19.7. The molecule has 0 atom stereocenters. The van der Waals surface area contributed by atoms with Crippen LogP contribution in [0.2, 0.25) is 0 Å². The van der Waals surface area contributed by atoms with Crippen LogP contribution in [0.4, 0.5) is 22.7 Å². The first-order chi connectivity index (χ1) is 67.0. The Morgan fingerprint density at radius 3 is 1.01 bits per heavy atom. The molecule has 8 aliphatic rings. The third kappa shape index (κ3) is 33.0. The van der Waals surface area contributed by atoms with Gasteiger partial charge in [-0.25, -0.2) is 67.3 Å². The van der Waals surface area contributed by atoms with Gasteiger partial charge in [0.1, 0.15) is 52.4 Å². The first kappa shape index (κ1) is 114. The average Bonchev–Trinajstić information content (AvgIpc) is 0.852. The summed E-state index contributed by atoms with van der Waals surface area (Å²) in [6.07, 6.45) is 13.4. The van der Waals surface area contributed by atoms with Gasteiger partial charge in [0, 0.05) is 111 Å². The van der Waals surface area contributed by atoms with E-state index in [1.807, 2.05) is 91.8 Å². The van der Waals surface area contributed by atoms with Crippen molar-refractivity contribution >= 4 is 173 Å². The van der Waals surface area contributed by atoms with Crippen LogP contribution >= 0.6 is 23.5 Å². The number of hydrogen-bond acceptors (Lipinski definition) is 31. The SMILES string of the molecule is CC#Cc1cccc2c1C(N)=NS(=O)(=O)C2.CC(C)CNc1cccc2c1C(N)=NS(=O)(=O)C2.CCCCCCOc1cccc2c1C(N)=NS(=O)(=O)C2.CCCCCNc1cccc2c1C(N)=NS(=O)(=O)C2.CCCCNc1cccc2c1C(N)=NS(=O)(=O)C2.CCCCSc1cccc2c1C(N)=NS(=O)(=O)C2.CCCSc1cccc2c1C(N)=NS(=O)(=O)C2.CN(C)c1cccc2c1C(N)=NS(=O)(=O)C2. The van der Waals surface area contributed by atoms with Crippen molar-refractivity contribution in [3.05, 3.63) is 240 Å². The number of benzene rings is 8. The van der Waals surface area contributed by atoms with Crippen molar-refractivity contribution in [2.75, 3.05) is 72.7 Å². The number of thioether (sulfide) groups is 2. The van der Waals surface area contributed by atoms with Crippen LogP contribution < -0.4 is 71.5 Å². The fourth-order valence-electron chi connectivity index (χ4n) is 15.4. The zero-order valence-corrected chi connectivity index (χ0v) is 89.1. The van der Waals surface area contributed by atoms with Gasteiger partial charge in [0.2, 0.25) is 0 Å². The summed E-state index contributed by atoms with van der Waals surface area (Å²) < 4.78 is 218. The van der Waals surface area contributed by atoms with Gasteiger partial charge < -0.3 is 71.5 Å². The number of unbranched alkanes of at least 4 members (excludes halogenated alkanes) is 7. The molecular weight excluding hydrogens is 2010 g/mol. The van der Waals surface area contributed by atoms with Gasteiger partial charge in [-0.15, -0.1) is 64.6 Å². The molecule has 142 heavy (non-hydrogen) atoms. The minimum Gasteiger partial charge on any atom is -0.493 e. The van der Waals surface area contributed by atoms with Crippen molar-refractivity contribution in [2.45, 2.75) is 188 Å². The lowest BCUT2D eigenvalue weighted by atomic mass is 10.0. The average molecular weight is 2140 g/mol. The second kappa shape index (κ2) is 51.0. The maximum atomic E-state index is 11.6. The molecule has 8 aromatic rings. The molecule has 47 heteroatoms. The van der Waals surface area contributed by atoms with Gasteiger partial charge >= 0.3 is 0 Å². The largest absolute Gasteiger partial charge is 0.493 e. The number of sulfonamides is 8. The van der Waals surface area contributed by atoms with Crippen LogP contribution in [0.5, 0.6) is 5.75 Å². The lowest BCUT2D eigenvalue weighted by Gasteiger charge is -2.22. The Morgan fingerprint density at radius 2 is 0.634 bits per heavy atom. The Hall–Kier alpha value is -11.6. The number of fused-ring (bicyclic) bond motifs is 8. The second-order valence-corrected chi connectivity index (χ2v) is 49.4. The smallest absolute Gasteiger partial charge is 0.259 e. The number of nitrogens with one attached hydrogen (secondary N) is 3. The van der Waals surface area contributed by atoms with Crippen molar-refractivity contribution in [3.63, 3.8) is 0 Å². The number of hydrogen-bond donors (Lipinski definition) is 11. The number of rotatable bonds is 26. The molecule has 0 radical (unpaired) electrons. The number of nitrogens with two attached hydrogens (primary N) is 8. The molecule has 0 aromatic heterocycles. The molecule has 37 nitrogen and oxygen atoms in total. The summed E-state index contributed by atoms with van der Waals surface area (Å²) in [5, 5.41) is 9.86.